The van der Waals surface area contributed by atoms with Crippen LogP contribution in [0.25, 0.3) is 0 Å². The summed E-state index contributed by atoms with van der Waals surface area (Å²) in [5, 5.41) is 44.0. The molecule has 6 heteroatoms. The van der Waals surface area contributed by atoms with Crippen molar-refractivity contribution in [2.75, 3.05) is 0 Å². The van der Waals surface area contributed by atoms with E-state index in [0.29, 0.717) is 12.8 Å². The molecule has 20 heavy (non-hydrogen) atoms. The Labute approximate surface area is 120 Å². The van der Waals surface area contributed by atoms with Crippen LogP contribution in [0.4, 0.5) is 0 Å². The van der Waals surface area contributed by atoms with Gasteiger partial charge in [-0.05, 0) is 12.8 Å². The molecule has 0 aliphatic heterocycles. The second kappa shape index (κ2) is 8.63. The largest absolute Gasteiger partial charge is 0.251 e. The number of nitrogens with zero attached hydrogens (tertiary/aromatic N) is 6. The van der Waals surface area contributed by atoms with Crippen LogP contribution in [0.3, 0.4) is 0 Å². The van der Waals surface area contributed by atoms with Crippen molar-refractivity contribution in [2.24, 2.45) is 10.2 Å². The highest BCUT2D eigenvalue weighted by Gasteiger charge is 2.34. The molecule has 0 aromatic rings. The van der Waals surface area contributed by atoms with Crippen LogP contribution in [0.1, 0.15) is 52.4 Å². The van der Waals surface area contributed by atoms with Gasteiger partial charge in [0, 0.05) is 12.8 Å². The predicted octanol–water partition coefficient (Wildman–Crippen LogP) is 3.39. The van der Waals surface area contributed by atoms with Crippen LogP contribution in [0.5, 0.6) is 0 Å². The Bertz CT molecular complexity index is 420. The lowest BCUT2D eigenvalue weighted by Gasteiger charge is -2.15. The molecule has 6 nitrogen and oxygen atoms in total. The zero-order valence-corrected chi connectivity index (χ0v) is 11.9. The van der Waals surface area contributed by atoms with Gasteiger partial charge in [0.1, 0.15) is 24.3 Å². The van der Waals surface area contributed by atoms with Crippen LogP contribution in [0, 0.1) is 45.3 Å². The van der Waals surface area contributed by atoms with E-state index in [0.717, 1.165) is 12.8 Å². The normalized spacial score (nSPS) is 11.3. The molecule has 0 N–H and O–H groups in total. The zero-order chi connectivity index (χ0) is 15.5. The summed E-state index contributed by atoms with van der Waals surface area (Å²) >= 11 is 0. The van der Waals surface area contributed by atoms with E-state index in [1.807, 2.05) is 38.1 Å². The summed E-state index contributed by atoms with van der Waals surface area (Å²) in [6, 6.07) is 7.35. The summed E-state index contributed by atoms with van der Waals surface area (Å²) in [6.45, 7) is 3.87. The van der Waals surface area contributed by atoms with E-state index in [-0.39, 0.29) is 12.8 Å². The number of unbranched alkanes of at least 4 members (excludes halogenated alkanes) is 2. The van der Waals surface area contributed by atoms with Crippen LogP contribution in [-0.4, -0.2) is 11.1 Å². The van der Waals surface area contributed by atoms with Crippen molar-refractivity contribution in [3.63, 3.8) is 0 Å². The molecular weight excluding hydrogens is 252 g/mol. The van der Waals surface area contributed by atoms with E-state index < -0.39 is 11.1 Å². The Morgan fingerprint density at radius 3 is 1.20 bits per heavy atom. The molecule has 0 aromatic heterocycles. The van der Waals surface area contributed by atoms with Gasteiger partial charge in [0.25, 0.3) is 11.1 Å². The minimum absolute atomic E-state index is 0.251. The molecule has 0 saturated carbocycles. The Balaban J connectivity index is 5.29. The van der Waals surface area contributed by atoms with E-state index in [9.17, 15) is 0 Å². The summed E-state index contributed by atoms with van der Waals surface area (Å²) in [7, 11) is 0. The lowest BCUT2D eigenvalue weighted by atomic mass is 9.96. The lowest BCUT2D eigenvalue weighted by molar-refractivity contribution is 0.493. The number of nitriles is 4. The van der Waals surface area contributed by atoms with Crippen LogP contribution >= 0.6 is 0 Å². The average molecular weight is 270 g/mol. The van der Waals surface area contributed by atoms with Crippen LogP contribution in [0.15, 0.2) is 10.2 Å². The number of rotatable bonds is 8. The molecular formula is C14H18N6. The smallest absolute Gasteiger partial charge is 0.194 e. The molecule has 0 atom stereocenters. The molecule has 0 fully saturated rings. The van der Waals surface area contributed by atoms with Gasteiger partial charge < -0.3 is 0 Å². The average Bonchev–Trinajstić information content (AvgIpc) is 2.51. The molecule has 0 aliphatic rings. The van der Waals surface area contributed by atoms with Gasteiger partial charge in [-0.3, -0.25) is 0 Å². The summed E-state index contributed by atoms with van der Waals surface area (Å²) in [5.74, 6) is 0. The van der Waals surface area contributed by atoms with Gasteiger partial charge in [-0.15, -0.1) is 0 Å². The highest BCUT2D eigenvalue weighted by Crippen LogP contribution is 2.24. The molecule has 0 bridgehead atoms. The van der Waals surface area contributed by atoms with E-state index >= 15 is 0 Å². The van der Waals surface area contributed by atoms with Crippen LogP contribution < -0.4 is 0 Å². The van der Waals surface area contributed by atoms with Gasteiger partial charge in [-0.2, -0.15) is 31.3 Å². The Kier molecular flexibility index (Phi) is 7.57. The summed E-state index contributed by atoms with van der Waals surface area (Å²) in [5.41, 5.74) is -3.19. The van der Waals surface area contributed by atoms with E-state index in [2.05, 4.69) is 10.2 Å². The first kappa shape index (κ1) is 17.6. The van der Waals surface area contributed by atoms with Gasteiger partial charge >= 0.3 is 0 Å². The Morgan fingerprint density at radius 2 is 1.00 bits per heavy atom. The van der Waals surface area contributed by atoms with Crippen molar-refractivity contribution in [3.8, 4) is 24.3 Å². The maximum absolute atomic E-state index is 9.13. The molecule has 104 valence electrons. The van der Waals surface area contributed by atoms with E-state index in [1.165, 1.54) is 0 Å². The third kappa shape index (κ3) is 4.68. The maximum Gasteiger partial charge on any atom is 0.251 e. The molecule has 0 amide bonds. The fourth-order valence-electron chi connectivity index (χ4n) is 1.50. The van der Waals surface area contributed by atoms with Crippen molar-refractivity contribution in [1.82, 2.24) is 0 Å². The minimum Gasteiger partial charge on any atom is -0.194 e. The second-order valence-corrected chi connectivity index (χ2v) is 4.57. The first-order valence-corrected chi connectivity index (χ1v) is 6.66. The Morgan fingerprint density at radius 1 is 0.700 bits per heavy atom. The van der Waals surface area contributed by atoms with Crippen molar-refractivity contribution >= 4 is 0 Å². The molecule has 0 rings (SSSR count). The fraction of sp³-hybridized carbons (Fsp3) is 0.714. The van der Waals surface area contributed by atoms with Crippen LogP contribution in [-0.2, 0) is 0 Å². The molecule has 0 unspecified atom stereocenters. The van der Waals surface area contributed by atoms with Gasteiger partial charge in [0.05, 0.1) is 0 Å². The molecule has 0 heterocycles. The number of azo groups is 1. The molecule has 0 radical (unpaired) electrons. The molecule has 0 saturated heterocycles. The first-order chi connectivity index (χ1) is 9.57. The molecule has 0 aromatic carbocycles. The van der Waals surface area contributed by atoms with Gasteiger partial charge in [0.15, 0.2) is 0 Å². The SMILES string of the molecule is CCCCC(C#N)(C#N)N=NC(C#N)(C#N)CCCC. The monoisotopic (exact) mass is 270 g/mol. The van der Waals surface area contributed by atoms with Crippen molar-refractivity contribution in [3.05, 3.63) is 0 Å². The van der Waals surface area contributed by atoms with Gasteiger partial charge in [0.2, 0.25) is 0 Å². The molecule has 0 spiro atoms. The fourth-order valence-corrected chi connectivity index (χ4v) is 1.50. The maximum atomic E-state index is 9.13. The third-order valence-corrected chi connectivity index (χ3v) is 2.92. The number of hydrogen-bond donors (Lipinski definition) is 0. The quantitative estimate of drug-likeness (QED) is 0.627. The number of hydrogen-bond acceptors (Lipinski definition) is 6. The summed E-state index contributed by atoms with van der Waals surface area (Å²) < 4.78 is 0. The van der Waals surface area contributed by atoms with Crippen molar-refractivity contribution in [2.45, 2.75) is 63.5 Å². The topological polar surface area (TPSA) is 120 Å². The van der Waals surface area contributed by atoms with E-state index in [1.54, 1.807) is 0 Å². The first-order valence-electron chi connectivity index (χ1n) is 6.66. The second-order valence-electron chi connectivity index (χ2n) is 4.57. The Hall–Kier alpha value is -2.44. The van der Waals surface area contributed by atoms with Crippen molar-refractivity contribution < 1.29 is 0 Å². The lowest BCUT2D eigenvalue weighted by Crippen LogP contribution is -2.26. The molecule has 0 aliphatic carbocycles. The van der Waals surface area contributed by atoms with Crippen molar-refractivity contribution in [1.29, 1.82) is 21.0 Å². The van der Waals surface area contributed by atoms with Crippen LogP contribution in [0.2, 0.25) is 0 Å². The predicted molar refractivity (Wildman–Crippen MR) is 71.8 cm³/mol. The summed E-state index contributed by atoms with van der Waals surface area (Å²) in [4.78, 5) is 0. The standard InChI is InChI=1S/C14H18N6/c1-3-5-7-13(9-15,10-16)19-20-14(11-17,12-18)8-6-4-2/h3-8H2,1-2H3. The zero-order valence-electron chi connectivity index (χ0n) is 11.9. The highest BCUT2D eigenvalue weighted by molar-refractivity contribution is 5.25. The van der Waals surface area contributed by atoms with Gasteiger partial charge in [-0.25, -0.2) is 0 Å². The van der Waals surface area contributed by atoms with Gasteiger partial charge in [-0.1, -0.05) is 26.7 Å². The van der Waals surface area contributed by atoms with E-state index in [4.69, 9.17) is 21.0 Å². The highest BCUT2D eigenvalue weighted by atomic mass is 15.2. The minimum atomic E-state index is -1.60. The third-order valence-electron chi connectivity index (χ3n) is 2.92. The summed E-state index contributed by atoms with van der Waals surface area (Å²) in [6.07, 6.45) is 3.44.